The van der Waals surface area contributed by atoms with Crippen LogP contribution in [-0.4, -0.2) is 31.3 Å². The molecule has 2 N–H and O–H groups in total. The Hall–Kier alpha value is -2.75. The molecule has 10 heteroatoms. The van der Waals surface area contributed by atoms with E-state index < -0.39 is 11.7 Å². The molecular formula is C22H24F3N5OS. The standard InChI is InChI=1S/C22H24F3N5OS/c23-22(24,25)15-6-4-7-16(12-15)27-13-20-28-29-21(30(20)17-8-2-1-3-9-17)32-14-19(31)18-10-5-11-26-18/h4-7,10-12,17,26-27H,1-3,8-9,13-14H2. The normalized spacial score (nSPS) is 15.1. The van der Waals surface area contributed by atoms with Gasteiger partial charge in [-0.1, -0.05) is 37.1 Å². The largest absolute Gasteiger partial charge is 0.416 e. The Labute approximate surface area is 188 Å². The first kappa shape index (κ1) is 22.4. The molecular weight excluding hydrogens is 439 g/mol. The van der Waals surface area contributed by atoms with Gasteiger partial charge in [-0.2, -0.15) is 13.2 Å². The van der Waals surface area contributed by atoms with Crippen molar-refractivity contribution in [3.63, 3.8) is 0 Å². The van der Waals surface area contributed by atoms with Gasteiger partial charge in [-0.15, -0.1) is 10.2 Å². The van der Waals surface area contributed by atoms with Gasteiger partial charge in [0.25, 0.3) is 0 Å². The zero-order valence-corrected chi connectivity index (χ0v) is 18.2. The summed E-state index contributed by atoms with van der Waals surface area (Å²) in [6.45, 7) is 0.246. The number of benzene rings is 1. The number of hydrogen-bond acceptors (Lipinski definition) is 5. The number of hydrogen-bond donors (Lipinski definition) is 2. The van der Waals surface area contributed by atoms with E-state index in [0.717, 1.165) is 37.8 Å². The third-order valence-electron chi connectivity index (χ3n) is 5.55. The number of nitrogens with one attached hydrogen (secondary N) is 2. The maximum Gasteiger partial charge on any atom is 0.416 e. The molecule has 0 saturated heterocycles. The fraction of sp³-hybridized carbons (Fsp3) is 0.409. The van der Waals surface area contributed by atoms with Crippen molar-refractivity contribution in [3.8, 4) is 0 Å². The molecule has 6 nitrogen and oxygen atoms in total. The van der Waals surface area contributed by atoms with Gasteiger partial charge in [0.05, 0.1) is 23.6 Å². The Morgan fingerprint density at radius 2 is 1.97 bits per heavy atom. The van der Waals surface area contributed by atoms with Crippen LogP contribution in [0.3, 0.4) is 0 Å². The number of nitrogens with zero attached hydrogens (tertiary/aromatic N) is 3. The lowest BCUT2D eigenvalue weighted by atomic mass is 9.95. The quantitative estimate of drug-likeness (QED) is 0.330. The monoisotopic (exact) mass is 463 g/mol. The summed E-state index contributed by atoms with van der Waals surface area (Å²) in [7, 11) is 0. The van der Waals surface area contributed by atoms with Crippen molar-refractivity contribution in [3.05, 3.63) is 59.7 Å². The van der Waals surface area contributed by atoms with Crippen molar-refractivity contribution in [1.82, 2.24) is 19.7 Å². The molecule has 0 aliphatic heterocycles. The highest BCUT2D eigenvalue weighted by molar-refractivity contribution is 7.99. The van der Waals surface area contributed by atoms with Crippen LogP contribution in [0.4, 0.5) is 18.9 Å². The Balaban J connectivity index is 1.50. The zero-order valence-electron chi connectivity index (χ0n) is 17.4. The van der Waals surface area contributed by atoms with Gasteiger partial charge in [0, 0.05) is 17.9 Å². The second-order valence-electron chi connectivity index (χ2n) is 7.79. The van der Waals surface area contributed by atoms with Gasteiger partial charge < -0.3 is 14.9 Å². The van der Waals surface area contributed by atoms with Crippen molar-refractivity contribution in [2.45, 2.75) is 56.0 Å². The molecule has 4 rings (SSSR count). The molecule has 1 fully saturated rings. The minimum atomic E-state index is -4.39. The number of carbonyl (C=O) groups is 1. The third-order valence-corrected chi connectivity index (χ3v) is 6.49. The van der Waals surface area contributed by atoms with Crippen molar-refractivity contribution in [2.24, 2.45) is 0 Å². The van der Waals surface area contributed by atoms with E-state index in [1.807, 2.05) is 0 Å². The summed E-state index contributed by atoms with van der Waals surface area (Å²) >= 11 is 1.34. The number of alkyl halides is 3. The van der Waals surface area contributed by atoms with Gasteiger partial charge in [0.15, 0.2) is 16.8 Å². The number of anilines is 1. The topological polar surface area (TPSA) is 75.6 Å². The van der Waals surface area contributed by atoms with E-state index in [1.54, 1.807) is 24.4 Å². The highest BCUT2D eigenvalue weighted by Gasteiger charge is 2.30. The molecule has 32 heavy (non-hydrogen) atoms. The molecule has 0 atom stereocenters. The number of thioether (sulfide) groups is 1. The first-order valence-corrected chi connectivity index (χ1v) is 11.5. The molecule has 3 aromatic rings. The second kappa shape index (κ2) is 9.81. The van der Waals surface area contributed by atoms with Gasteiger partial charge in [-0.3, -0.25) is 4.79 Å². The van der Waals surface area contributed by atoms with E-state index in [-0.39, 0.29) is 24.1 Å². The SMILES string of the molecule is O=C(CSc1nnc(CNc2cccc(C(F)(F)F)c2)n1C1CCCCC1)c1ccc[nH]1. The van der Waals surface area contributed by atoms with Gasteiger partial charge in [0.2, 0.25) is 0 Å². The van der Waals surface area contributed by atoms with Crippen molar-refractivity contribution >= 4 is 23.2 Å². The zero-order chi connectivity index (χ0) is 22.6. The van der Waals surface area contributed by atoms with Crippen LogP contribution in [0.2, 0.25) is 0 Å². The van der Waals surface area contributed by atoms with Crippen LogP contribution in [0.1, 0.15) is 60.0 Å². The van der Waals surface area contributed by atoms with Crippen LogP contribution in [-0.2, 0) is 12.7 Å². The number of Topliss-reactive ketones (excluding diaryl/α,β-unsaturated/α-hetero) is 1. The van der Waals surface area contributed by atoms with Crippen LogP contribution >= 0.6 is 11.8 Å². The number of H-pyrrole nitrogens is 1. The fourth-order valence-corrected chi connectivity index (χ4v) is 4.84. The Bertz CT molecular complexity index is 1040. The van der Waals surface area contributed by atoms with Gasteiger partial charge in [-0.05, 0) is 43.2 Å². The van der Waals surface area contributed by atoms with Crippen molar-refractivity contribution < 1.29 is 18.0 Å². The van der Waals surface area contributed by atoms with Crippen LogP contribution in [0.25, 0.3) is 0 Å². The number of rotatable bonds is 8. The molecule has 0 radical (unpaired) electrons. The van der Waals surface area contributed by atoms with Crippen LogP contribution in [0, 0.1) is 0 Å². The van der Waals surface area contributed by atoms with Gasteiger partial charge in [0.1, 0.15) is 0 Å². The predicted octanol–water partition coefficient (Wildman–Crippen LogP) is 5.72. The van der Waals surface area contributed by atoms with Crippen LogP contribution < -0.4 is 5.32 Å². The summed E-state index contributed by atoms with van der Waals surface area (Å²) in [5.74, 6) is 0.859. The fourth-order valence-electron chi connectivity index (χ4n) is 3.93. The lowest BCUT2D eigenvalue weighted by molar-refractivity contribution is -0.137. The molecule has 0 bridgehead atoms. The molecule has 1 saturated carbocycles. The molecule has 170 valence electrons. The highest BCUT2D eigenvalue weighted by atomic mass is 32.2. The minimum absolute atomic E-state index is 0.0261. The van der Waals surface area contributed by atoms with Gasteiger partial charge >= 0.3 is 6.18 Å². The van der Waals surface area contributed by atoms with E-state index >= 15 is 0 Å². The van der Waals surface area contributed by atoms with Crippen molar-refractivity contribution in [2.75, 3.05) is 11.1 Å². The van der Waals surface area contributed by atoms with E-state index in [2.05, 4.69) is 25.1 Å². The third kappa shape index (κ3) is 5.35. The molecule has 0 amide bonds. The number of carbonyl (C=O) groups excluding carboxylic acids is 1. The summed E-state index contributed by atoms with van der Waals surface area (Å²) in [5.41, 5.74) is 0.220. The van der Waals surface area contributed by atoms with E-state index in [0.29, 0.717) is 22.4 Å². The molecule has 1 aliphatic carbocycles. The Morgan fingerprint density at radius 1 is 1.16 bits per heavy atom. The molecule has 2 heterocycles. The molecule has 1 aromatic carbocycles. The number of aromatic amines is 1. The van der Waals surface area contributed by atoms with Crippen LogP contribution in [0.15, 0.2) is 47.8 Å². The van der Waals surface area contributed by atoms with Gasteiger partial charge in [-0.25, -0.2) is 0 Å². The minimum Gasteiger partial charge on any atom is -0.378 e. The van der Waals surface area contributed by atoms with E-state index in [4.69, 9.17) is 0 Å². The smallest absolute Gasteiger partial charge is 0.378 e. The molecule has 0 unspecified atom stereocenters. The summed E-state index contributed by atoms with van der Waals surface area (Å²) in [5, 5.41) is 12.3. The lowest BCUT2D eigenvalue weighted by Crippen LogP contribution is -2.18. The summed E-state index contributed by atoms with van der Waals surface area (Å²) in [6.07, 6.45) is 2.70. The lowest BCUT2D eigenvalue weighted by Gasteiger charge is -2.25. The van der Waals surface area contributed by atoms with Crippen molar-refractivity contribution in [1.29, 1.82) is 0 Å². The average molecular weight is 464 g/mol. The second-order valence-corrected chi connectivity index (χ2v) is 8.73. The first-order valence-electron chi connectivity index (χ1n) is 10.6. The Kier molecular flexibility index (Phi) is 6.88. The molecule has 1 aliphatic rings. The average Bonchev–Trinajstić information content (AvgIpc) is 3.46. The highest BCUT2D eigenvalue weighted by Crippen LogP contribution is 2.34. The van der Waals surface area contributed by atoms with E-state index in [1.165, 1.54) is 24.2 Å². The molecule has 2 aromatic heterocycles. The molecule has 0 spiro atoms. The first-order chi connectivity index (χ1) is 15.4. The number of ketones is 1. The van der Waals surface area contributed by atoms with E-state index in [9.17, 15) is 18.0 Å². The maximum atomic E-state index is 13.0. The Morgan fingerprint density at radius 3 is 2.69 bits per heavy atom. The summed E-state index contributed by atoms with van der Waals surface area (Å²) < 4.78 is 41.1. The number of aromatic nitrogens is 4. The van der Waals surface area contributed by atoms with Crippen LogP contribution in [0.5, 0.6) is 0 Å². The number of halogens is 3. The maximum absolute atomic E-state index is 13.0. The summed E-state index contributed by atoms with van der Waals surface area (Å²) in [6, 6.07) is 8.85. The predicted molar refractivity (Wildman–Crippen MR) is 117 cm³/mol. The summed E-state index contributed by atoms with van der Waals surface area (Å²) in [4.78, 5) is 15.3.